The minimum Gasteiger partial charge on any atom is -0.478 e. The zero-order valence-electron chi connectivity index (χ0n) is 16.0. The molecule has 0 bridgehead atoms. The van der Waals surface area contributed by atoms with Gasteiger partial charge in [0.25, 0.3) is 0 Å². The maximum atomic E-state index is 13.1. The average molecular weight is 428 g/mol. The molecule has 3 aromatic carbocycles. The first kappa shape index (κ1) is 21.7. The third-order valence-electron chi connectivity index (χ3n) is 3.98. The Hall–Kier alpha value is -2.96. The van der Waals surface area contributed by atoms with Gasteiger partial charge in [-0.15, -0.1) is 0 Å². The summed E-state index contributed by atoms with van der Waals surface area (Å²) in [5, 5.41) is 9.05. The molecule has 0 amide bonds. The molecular weight excluding hydrogens is 407 g/mol. The van der Waals surface area contributed by atoms with E-state index in [0.717, 1.165) is 11.1 Å². The molecule has 0 fully saturated rings. The first-order valence-electron chi connectivity index (χ1n) is 9.12. The van der Waals surface area contributed by atoms with Crippen LogP contribution in [0.1, 0.15) is 21.5 Å². The Morgan fingerprint density at radius 2 is 1.33 bits per heavy atom. The molecule has 3 aromatic rings. The van der Waals surface area contributed by atoms with E-state index in [1.165, 1.54) is 18.2 Å². The van der Waals surface area contributed by atoms with Crippen molar-refractivity contribution >= 4 is 13.8 Å². The summed E-state index contributed by atoms with van der Waals surface area (Å²) in [7, 11) is -3.96. The normalized spacial score (nSPS) is 11.2. The number of carbonyl (C=O) groups is 1. The Bertz CT molecular complexity index is 945. The molecule has 0 saturated carbocycles. The number of hydrogen-bond acceptors (Lipinski definition) is 6. The molecule has 1 N–H and O–H groups in total. The summed E-state index contributed by atoms with van der Waals surface area (Å²) in [6.07, 6.45) is 0. The first-order chi connectivity index (χ1) is 14.5. The van der Waals surface area contributed by atoms with Crippen molar-refractivity contribution in [1.29, 1.82) is 0 Å². The molecule has 0 saturated heterocycles. The number of benzene rings is 3. The fourth-order valence-electron chi connectivity index (χ4n) is 2.45. The molecule has 0 spiro atoms. The van der Waals surface area contributed by atoms with Crippen molar-refractivity contribution in [1.82, 2.24) is 0 Å². The monoisotopic (exact) mass is 428 g/mol. The number of phosphoric acid groups is 1. The van der Waals surface area contributed by atoms with Gasteiger partial charge in [-0.05, 0) is 29.3 Å². The van der Waals surface area contributed by atoms with Crippen LogP contribution in [0.4, 0.5) is 0 Å². The van der Waals surface area contributed by atoms with E-state index in [2.05, 4.69) is 0 Å². The number of carboxylic acid groups (broad SMARTS) is 1. The fourth-order valence-corrected chi connectivity index (χ4v) is 3.47. The van der Waals surface area contributed by atoms with Gasteiger partial charge >= 0.3 is 13.8 Å². The van der Waals surface area contributed by atoms with Gasteiger partial charge in [0.2, 0.25) is 0 Å². The molecule has 30 heavy (non-hydrogen) atoms. The lowest BCUT2D eigenvalue weighted by Crippen LogP contribution is -2.07. The number of rotatable bonds is 11. The number of ether oxygens (including phenoxy) is 1. The third-order valence-corrected chi connectivity index (χ3v) is 5.29. The SMILES string of the molecule is O=C(O)c1cccc(OCOP(=O)(OCc2ccccc2)OCc2ccccc2)c1. The molecule has 0 aliphatic carbocycles. The highest BCUT2D eigenvalue weighted by molar-refractivity contribution is 7.48. The smallest absolute Gasteiger partial charge is 0.478 e. The van der Waals surface area contributed by atoms with E-state index in [0.29, 0.717) is 0 Å². The molecular formula is C22H21O7P. The summed E-state index contributed by atoms with van der Waals surface area (Å²) < 4.78 is 34.7. The van der Waals surface area contributed by atoms with Gasteiger partial charge in [0.15, 0.2) is 6.79 Å². The lowest BCUT2D eigenvalue weighted by atomic mass is 10.2. The Kier molecular flexibility index (Phi) is 7.76. The Labute approximate surface area is 174 Å². The minimum atomic E-state index is -3.96. The fraction of sp³-hybridized carbons (Fsp3) is 0.136. The molecule has 0 aliphatic heterocycles. The van der Waals surface area contributed by atoms with E-state index in [-0.39, 0.29) is 24.5 Å². The van der Waals surface area contributed by atoms with Crippen molar-refractivity contribution in [3.63, 3.8) is 0 Å². The lowest BCUT2D eigenvalue weighted by molar-refractivity contribution is 0.0441. The number of phosphoric ester groups is 1. The summed E-state index contributed by atoms with van der Waals surface area (Å²) in [4.78, 5) is 11.1. The number of carboxylic acids is 1. The van der Waals surface area contributed by atoms with Gasteiger partial charge in [-0.25, -0.2) is 13.9 Å². The van der Waals surface area contributed by atoms with Crippen LogP contribution in [-0.4, -0.2) is 17.9 Å². The van der Waals surface area contributed by atoms with Crippen LogP contribution in [0, 0.1) is 0 Å². The zero-order chi connectivity index (χ0) is 21.2. The highest BCUT2D eigenvalue weighted by atomic mass is 31.2. The van der Waals surface area contributed by atoms with E-state index in [1.807, 2.05) is 60.7 Å². The predicted octanol–water partition coefficient (Wildman–Crippen LogP) is 5.28. The van der Waals surface area contributed by atoms with Crippen molar-refractivity contribution in [3.8, 4) is 5.75 Å². The van der Waals surface area contributed by atoms with E-state index >= 15 is 0 Å². The van der Waals surface area contributed by atoms with Crippen LogP contribution < -0.4 is 4.74 Å². The molecule has 0 heterocycles. The maximum absolute atomic E-state index is 13.1. The van der Waals surface area contributed by atoms with Crippen LogP contribution in [0.3, 0.4) is 0 Å². The Morgan fingerprint density at radius 3 is 1.87 bits per heavy atom. The van der Waals surface area contributed by atoms with E-state index in [9.17, 15) is 9.36 Å². The van der Waals surface area contributed by atoms with Crippen LogP contribution in [0.15, 0.2) is 84.9 Å². The van der Waals surface area contributed by atoms with Crippen molar-refractivity contribution in [2.24, 2.45) is 0 Å². The van der Waals surface area contributed by atoms with Gasteiger partial charge in [-0.1, -0.05) is 66.7 Å². The van der Waals surface area contributed by atoms with E-state index in [1.54, 1.807) is 6.07 Å². The highest BCUT2D eigenvalue weighted by Gasteiger charge is 2.27. The van der Waals surface area contributed by atoms with Crippen LogP contribution in [0.25, 0.3) is 0 Å². The topological polar surface area (TPSA) is 91.3 Å². The van der Waals surface area contributed by atoms with Crippen LogP contribution in [0.5, 0.6) is 5.75 Å². The van der Waals surface area contributed by atoms with Gasteiger partial charge in [-0.3, -0.25) is 9.05 Å². The summed E-state index contributed by atoms with van der Waals surface area (Å²) in [5.74, 6) is -0.822. The van der Waals surface area contributed by atoms with E-state index in [4.69, 9.17) is 23.4 Å². The van der Waals surface area contributed by atoms with Gasteiger partial charge in [0.1, 0.15) is 5.75 Å². The van der Waals surface area contributed by atoms with Gasteiger partial charge < -0.3 is 9.84 Å². The molecule has 0 aromatic heterocycles. The molecule has 8 heteroatoms. The lowest BCUT2D eigenvalue weighted by Gasteiger charge is -2.18. The highest BCUT2D eigenvalue weighted by Crippen LogP contribution is 2.50. The number of hydrogen-bond donors (Lipinski definition) is 1. The second kappa shape index (κ2) is 10.7. The number of aromatic carboxylic acids is 1. The third kappa shape index (κ3) is 6.83. The Morgan fingerprint density at radius 1 is 0.767 bits per heavy atom. The molecule has 7 nitrogen and oxygen atoms in total. The largest absolute Gasteiger partial charge is 0.478 e. The van der Waals surface area contributed by atoms with E-state index < -0.39 is 20.6 Å². The van der Waals surface area contributed by atoms with Gasteiger partial charge in [0, 0.05) is 0 Å². The second-order valence-corrected chi connectivity index (χ2v) is 7.86. The predicted molar refractivity (Wildman–Crippen MR) is 110 cm³/mol. The zero-order valence-corrected chi connectivity index (χ0v) is 16.9. The summed E-state index contributed by atoms with van der Waals surface area (Å²) in [6.45, 7) is -0.382. The quantitative estimate of drug-likeness (QED) is 0.328. The molecule has 0 radical (unpaired) electrons. The summed E-state index contributed by atoms with van der Waals surface area (Å²) >= 11 is 0. The molecule has 156 valence electrons. The first-order valence-corrected chi connectivity index (χ1v) is 10.6. The Balaban J connectivity index is 1.62. The minimum absolute atomic E-state index is 0.0292. The van der Waals surface area contributed by atoms with Crippen molar-refractivity contribution < 1.29 is 32.8 Å². The average Bonchev–Trinajstić information content (AvgIpc) is 2.78. The van der Waals surface area contributed by atoms with Crippen LogP contribution in [0.2, 0.25) is 0 Å². The van der Waals surface area contributed by atoms with Crippen LogP contribution >= 0.6 is 7.82 Å². The molecule has 0 atom stereocenters. The summed E-state index contributed by atoms with van der Waals surface area (Å²) in [5.41, 5.74) is 1.68. The van der Waals surface area contributed by atoms with Gasteiger partial charge in [0.05, 0.1) is 18.8 Å². The van der Waals surface area contributed by atoms with Crippen molar-refractivity contribution in [2.75, 3.05) is 6.79 Å². The van der Waals surface area contributed by atoms with Gasteiger partial charge in [-0.2, -0.15) is 0 Å². The van der Waals surface area contributed by atoms with Crippen LogP contribution in [-0.2, 0) is 31.4 Å². The van der Waals surface area contributed by atoms with Crippen molar-refractivity contribution in [2.45, 2.75) is 13.2 Å². The standard InChI is InChI=1S/C22H21O7P/c23-22(24)20-12-7-13-21(14-20)26-17-29-30(25,27-15-18-8-3-1-4-9-18)28-16-19-10-5-2-6-11-19/h1-14H,15-17H2,(H,23,24). The second-order valence-electron chi connectivity index (χ2n) is 6.19. The summed E-state index contributed by atoms with van der Waals surface area (Å²) in [6, 6.07) is 24.3. The molecule has 0 unspecified atom stereocenters. The molecule has 3 rings (SSSR count). The van der Waals surface area contributed by atoms with Crippen molar-refractivity contribution in [3.05, 3.63) is 102 Å². The molecule has 0 aliphatic rings. The maximum Gasteiger partial charge on any atom is 0.478 e.